The first-order chi connectivity index (χ1) is 13.8. The highest BCUT2D eigenvalue weighted by Gasteiger charge is 2.31. The maximum absolute atomic E-state index is 13.2. The lowest BCUT2D eigenvalue weighted by molar-refractivity contribution is -0.137. The second-order valence-corrected chi connectivity index (χ2v) is 6.12. The molecule has 0 fully saturated rings. The third kappa shape index (κ3) is 3.59. The third-order valence-corrected chi connectivity index (χ3v) is 4.23. The van der Waals surface area contributed by atoms with E-state index in [9.17, 15) is 22.8 Å². The number of hydrogen-bond donors (Lipinski definition) is 2. The molecule has 2 heterocycles. The molecule has 2 aromatic carbocycles. The first kappa shape index (κ1) is 18.4. The smallest absolute Gasteiger partial charge is 0.322 e. The molecule has 0 spiro atoms. The highest BCUT2D eigenvalue weighted by molar-refractivity contribution is 6.12. The van der Waals surface area contributed by atoms with E-state index in [1.54, 1.807) is 24.3 Å². The lowest BCUT2D eigenvalue weighted by Gasteiger charge is -2.15. The van der Waals surface area contributed by atoms with Gasteiger partial charge in [0.1, 0.15) is 12.7 Å². The van der Waals surface area contributed by atoms with Crippen molar-refractivity contribution >= 4 is 22.5 Å². The number of nitrogens with one attached hydrogen (secondary N) is 2. The van der Waals surface area contributed by atoms with Gasteiger partial charge < -0.3 is 10.3 Å². The molecule has 0 aliphatic rings. The van der Waals surface area contributed by atoms with Crippen LogP contribution in [-0.4, -0.2) is 25.7 Å². The van der Waals surface area contributed by atoms with Crippen molar-refractivity contribution in [2.45, 2.75) is 6.18 Å². The molecule has 2 N–H and O–H groups in total. The summed E-state index contributed by atoms with van der Waals surface area (Å²) in [7, 11) is 0. The van der Waals surface area contributed by atoms with E-state index in [-0.39, 0.29) is 16.9 Å². The Balaban J connectivity index is 1.81. The summed E-state index contributed by atoms with van der Waals surface area (Å²) in [4.78, 5) is 31.1. The molecule has 0 saturated heterocycles. The van der Waals surface area contributed by atoms with Crippen molar-refractivity contribution < 1.29 is 18.0 Å². The summed E-state index contributed by atoms with van der Waals surface area (Å²) in [6, 6.07) is 10.6. The number of halogens is 3. The lowest BCUT2D eigenvalue weighted by atomic mass is 10.1. The van der Waals surface area contributed by atoms with Gasteiger partial charge >= 0.3 is 6.18 Å². The monoisotopic (exact) mass is 399 g/mol. The Hall–Kier alpha value is -3.95. The maximum atomic E-state index is 13.2. The van der Waals surface area contributed by atoms with Crippen LogP contribution in [0.4, 0.5) is 18.9 Å². The van der Waals surface area contributed by atoms with Crippen molar-refractivity contribution in [2.75, 3.05) is 5.32 Å². The average molecular weight is 399 g/mol. The highest BCUT2D eigenvalue weighted by atomic mass is 19.4. The van der Waals surface area contributed by atoms with Crippen molar-refractivity contribution in [3.05, 3.63) is 82.7 Å². The van der Waals surface area contributed by atoms with Gasteiger partial charge in [0.2, 0.25) is 5.56 Å². The predicted octanol–water partition coefficient (Wildman–Crippen LogP) is 3.38. The molecule has 2 aromatic heterocycles. The Morgan fingerprint density at radius 2 is 1.90 bits per heavy atom. The van der Waals surface area contributed by atoms with E-state index in [0.29, 0.717) is 10.9 Å². The van der Waals surface area contributed by atoms with Gasteiger partial charge in [-0.05, 0) is 24.3 Å². The number of anilines is 1. The number of carbonyl (C=O) groups is 1. The number of pyridine rings is 1. The van der Waals surface area contributed by atoms with Crippen LogP contribution in [0.1, 0.15) is 15.9 Å². The number of nitrogens with zero attached hydrogens (tertiary/aromatic N) is 3. The van der Waals surface area contributed by atoms with Gasteiger partial charge in [0, 0.05) is 17.0 Å². The van der Waals surface area contributed by atoms with Crippen LogP contribution >= 0.6 is 0 Å². The van der Waals surface area contributed by atoms with E-state index >= 15 is 0 Å². The Bertz CT molecular complexity index is 1260. The molecule has 1 amide bonds. The van der Waals surface area contributed by atoms with E-state index in [0.717, 1.165) is 18.2 Å². The molecular weight excluding hydrogens is 387 g/mol. The first-order valence-electron chi connectivity index (χ1n) is 8.32. The van der Waals surface area contributed by atoms with Gasteiger partial charge in [-0.1, -0.05) is 18.2 Å². The number of H-pyrrole nitrogens is 1. The molecule has 0 aliphatic heterocycles. The van der Waals surface area contributed by atoms with Gasteiger partial charge in [0.25, 0.3) is 5.91 Å². The number of aromatic nitrogens is 4. The zero-order valence-electron chi connectivity index (χ0n) is 14.6. The topological polar surface area (TPSA) is 92.7 Å². The van der Waals surface area contributed by atoms with Crippen LogP contribution in [0.5, 0.6) is 0 Å². The molecule has 7 nitrogen and oxygen atoms in total. The zero-order valence-corrected chi connectivity index (χ0v) is 14.6. The average Bonchev–Trinajstić information content (AvgIpc) is 3.21. The van der Waals surface area contributed by atoms with Crippen molar-refractivity contribution in [2.24, 2.45) is 0 Å². The standard InChI is InChI=1S/C19H12F3N5O2/c20-19(21,22)11-5-6-16(27-10-23-9-24-27)15(7-11)26-18(29)13-8-17(28)25-14-4-2-1-3-12(13)14/h1-10H,(H,25,28)(H,26,29). The number of rotatable bonds is 3. The minimum absolute atomic E-state index is 0.0336. The van der Waals surface area contributed by atoms with Gasteiger partial charge in [-0.3, -0.25) is 9.59 Å². The Labute approximate surface area is 160 Å². The lowest BCUT2D eigenvalue weighted by Crippen LogP contribution is -2.18. The summed E-state index contributed by atoms with van der Waals surface area (Å²) < 4.78 is 40.7. The Morgan fingerprint density at radius 3 is 2.62 bits per heavy atom. The summed E-state index contributed by atoms with van der Waals surface area (Å²) >= 11 is 0. The molecule has 4 aromatic rings. The molecule has 0 radical (unpaired) electrons. The molecule has 29 heavy (non-hydrogen) atoms. The van der Waals surface area contributed by atoms with Crippen molar-refractivity contribution in [3.63, 3.8) is 0 Å². The number of para-hydroxylation sites is 1. The van der Waals surface area contributed by atoms with E-state index in [1.807, 2.05) is 0 Å². The fraction of sp³-hybridized carbons (Fsp3) is 0.0526. The van der Waals surface area contributed by atoms with Gasteiger partial charge in [0.05, 0.1) is 22.5 Å². The van der Waals surface area contributed by atoms with Crippen LogP contribution in [0.3, 0.4) is 0 Å². The van der Waals surface area contributed by atoms with Crippen LogP contribution < -0.4 is 10.9 Å². The summed E-state index contributed by atoms with van der Waals surface area (Å²) in [5.74, 6) is -0.729. The Kier molecular flexibility index (Phi) is 4.38. The van der Waals surface area contributed by atoms with E-state index in [4.69, 9.17) is 0 Å². The SMILES string of the molecule is O=C(Nc1cc(C(F)(F)F)ccc1-n1cncn1)c1cc(=O)[nH]c2ccccc12. The summed E-state index contributed by atoms with van der Waals surface area (Å²) in [5.41, 5.74) is -0.906. The molecule has 0 saturated carbocycles. The van der Waals surface area contributed by atoms with Gasteiger partial charge in [-0.2, -0.15) is 18.3 Å². The Morgan fingerprint density at radius 1 is 1.10 bits per heavy atom. The molecule has 0 atom stereocenters. The van der Waals surface area contributed by atoms with Crippen molar-refractivity contribution in [1.82, 2.24) is 19.7 Å². The molecule has 10 heteroatoms. The number of fused-ring (bicyclic) bond motifs is 1. The number of hydrogen-bond acceptors (Lipinski definition) is 4. The van der Waals surface area contributed by atoms with E-state index in [2.05, 4.69) is 20.4 Å². The minimum Gasteiger partial charge on any atom is -0.322 e. The second kappa shape index (κ2) is 6.89. The van der Waals surface area contributed by atoms with Gasteiger partial charge in [-0.15, -0.1) is 0 Å². The minimum atomic E-state index is -4.60. The summed E-state index contributed by atoms with van der Waals surface area (Å²) in [5, 5.41) is 6.83. The van der Waals surface area contributed by atoms with Crippen LogP contribution in [0, 0.1) is 0 Å². The molecule has 4 rings (SSSR count). The largest absolute Gasteiger partial charge is 0.416 e. The number of alkyl halides is 3. The molecule has 0 aliphatic carbocycles. The molecule has 146 valence electrons. The van der Waals surface area contributed by atoms with E-state index < -0.39 is 23.2 Å². The fourth-order valence-electron chi connectivity index (χ4n) is 2.93. The van der Waals surface area contributed by atoms with Crippen LogP contribution in [-0.2, 0) is 6.18 Å². The van der Waals surface area contributed by atoms with Gasteiger partial charge in [-0.25, -0.2) is 9.67 Å². The first-order valence-corrected chi connectivity index (χ1v) is 8.32. The number of carbonyl (C=O) groups excluding carboxylic acids is 1. The van der Waals surface area contributed by atoms with Gasteiger partial charge in [0.15, 0.2) is 0 Å². The molecular formula is C19H12F3N5O2. The molecule has 0 bridgehead atoms. The van der Waals surface area contributed by atoms with Crippen LogP contribution in [0.2, 0.25) is 0 Å². The normalized spacial score (nSPS) is 11.6. The molecule has 0 unspecified atom stereocenters. The van der Waals surface area contributed by atoms with Crippen LogP contribution in [0.25, 0.3) is 16.6 Å². The fourth-order valence-corrected chi connectivity index (χ4v) is 2.93. The third-order valence-electron chi connectivity index (χ3n) is 4.23. The predicted molar refractivity (Wildman–Crippen MR) is 98.9 cm³/mol. The second-order valence-electron chi connectivity index (χ2n) is 6.12. The maximum Gasteiger partial charge on any atom is 0.416 e. The number of amides is 1. The number of aromatic amines is 1. The zero-order chi connectivity index (χ0) is 20.6. The summed E-state index contributed by atoms with van der Waals surface area (Å²) in [6.07, 6.45) is -2.09. The summed E-state index contributed by atoms with van der Waals surface area (Å²) in [6.45, 7) is 0. The van der Waals surface area contributed by atoms with E-state index in [1.165, 1.54) is 23.4 Å². The van der Waals surface area contributed by atoms with Crippen molar-refractivity contribution in [3.8, 4) is 5.69 Å². The quantitative estimate of drug-likeness (QED) is 0.552. The van der Waals surface area contributed by atoms with Crippen molar-refractivity contribution in [1.29, 1.82) is 0 Å². The number of benzene rings is 2. The van der Waals surface area contributed by atoms with Crippen LogP contribution in [0.15, 0.2) is 66.0 Å². The highest BCUT2D eigenvalue weighted by Crippen LogP contribution is 2.33.